The van der Waals surface area contributed by atoms with Gasteiger partial charge in [-0.2, -0.15) is 4.37 Å². The van der Waals surface area contributed by atoms with E-state index in [-0.39, 0.29) is 0 Å². The van der Waals surface area contributed by atoms with Crippen LogP contribution in [0.2, 0.25) is 0 Å². The third-order valence-electron chi connectivity index (χ3n) is 2.87. The summed E-state index contributed by atoms with van der Waals surface area (Å²) >= 11 is 1.56. The predicted molar refractivity (Wildman–Crippen MR) is 70.0 cm³/mol. The van der Waals surface area contributed by atoms with Crippen molar-refractivity contribution in [1.29, 1.82) is 0 Å². The highest BCUT2D eigenvalue weighted by Crippen LogP contribution is 2.29. The highest BCUT2D eigenvalue weighted by atomic mass is 32.1. The quantitative estimate of drug-likeness (QED) is 0.832. The predicted octanol–water partition coefficient (Wildman–Crippen LogP) is 2.84. The van der Waals surface area contributed by atoms with Crippen LogP contribution in [-0.4, -0.2) is 21.9 Å². The van der Waals surface area contributed by atoms with E-state index in [1.54, 1.807) is 11.5 Å². The van der Waals surface area contributed by atoms with Crippen LogP contribution in [0.25, 0.3) is 0 Å². The molecular formula is C12H23N3S. The Morgan fingerprint density at radius 1 is 1.25 bits per heavy atom. The lowest BCUT2D eigenvalue weighted by Crippen LogP contribution is -2.34. The maximum absolute atomic E-state index is 4.62. The molecule has 92 valence electrons. The van der Waals surface area contributed by atoms with Gasteiger partial charge in [0.05, 0.1) is 0 Å². The van der Waals surface area contributed by atoms with E-state index in [0.717, 1.165) is 18.8 Å². The maximum Gasteiger partial charge on any atom is 0.142 e. The van der Waals surface area contributed by atoms with Crippen LogP contribution in [0.3, 0.4) is 0 Å². The van der Waals surface area contributed by atoms with Crippen molar-refractivity contribution < 1.29 is 0 Å². The molecular weight excluding hydrogens is 218 g/mol. The third kappa shape index (κ3) is 3.25. The van der Waals surface area contributed by atoms with E-state index in [9.17, 15) is 0 Å². The first-order chi connectivity index (χ1) is 7.60. The SMILES string of the molecule is CCNC(C)C(c1nc(CC)ns1)C(C)C. The van der Waals surface area contributed by atoms with E-state index in [1.165, 1.54) is 5.01 Å². The van der Waals surface area contributed by atoms with Crippen LogP contribution in [0.15, 0.2) is 0 Å². The number of aromatic nitrogens is 2. The standard InChI is InChI=1S/C12H23N3S/c1-6-10-14-12(16-15-10)11(8(3)4)9(5)13-7-2/h8-9,11,13H,6-7H2,1-5H3. The van der Waals surface area contributed by atoms with Gasteiger partial charge in [0.2, 0.25) is 0 Å². The molecule has 0 aliphatic carbocycles. The second-order valence-electron chi connectivity index (χ2n) is 4.52. The minimum atomic E-state index is 0.461. The number of nitrogens with zero attached hydrogens (tertiary/aromatic N) is 2. The smallest absolute Gasteiger partial charge is 0.142 e. The molecule has 4 heteroatoms. The molecule has 0 saturated carbocycles. The van der Waals surface area contributed by atoms with Gasteiger partial charge < -0.3 is 5.32 Å². The summed E-state index contributed by atoms with van der Waals surface area (Å²) in [5, 5.41) is 4.67. The summed E-state index contributed by atoms with van der Waals surface area (Å²) in [7, 11) is 0. The molecule has 3 nitrogen and oxygen atoms in total. The van der Waals surface area contributed by atoms with Gasteiger partial charge in [0.15, 0.2) is 0 Å². The fourth-order valence-electron chi connectivity index (χ4n) is 2.07. The maximum atomic E-state index is 4.62. The zero-order valence-corrected chi connectivity index (χ0v) is 11.8. The number of aryl methyl sites for hydroxylation is 1. The molecule has 0 aliphatic heterocycles. The first kappa shape index (κ1) is 13.6. The van der Waals surface area contributed by atoms with Crippen molar-refractivity contribution in [3.05, 3.63) is 10.8 Å². The summed E-state index contributed by atoms with van der Waals surface area (Å²) in [6, 6.07) is 0.461. The Bertz CT molecular complexity index is 309. The fraction of sp³-hybridized carbons (Fsp3) is 0.833. The molecule has 1 heterocycles. The van der Waals surface area contributed by atoms with E-state index in [4.69, 9.17) is 0 Å². The minimum Gasteiger partial charge on any atom is -0.314 e. The largest absolute Gasteiger partial charge is 0.314 e. The van der Waals surface area contributed by atoms with Crippen LogP contribution in [0, 0.1) is 5.92 Å². The molecule has 1 rings (SSSR count). The second kappa shape index (κ2) is 6.30. The Morgan fingerprint density at radius 3 is 2.38 bits per heavy atom. The summed E-state index contributed by atoms with van der Waals surface area (Å²) in [6.45, 7) is 12.0. The summed E-state index contributed by atoms with van der Waals surface area (Å²) in [6.07, 6.45) is 0.927. The van der Waals surface area contributed by atoms with Gasteiger partial charge in [0.1, 0.15) is 10.8 Å². The van der Waals surface area contributed by atoms with Crippen LogP contribution in [0.5, 0.6) is 0 Å². The van der Waals surface area contributed by atoms with Gasteiger partial charge in [-0.05, 0) is 30.9 Å². The number of likely N-dealkylation sites (N-methyl/N-ethyl adjacent to an activating group) is 1. The van der Waals surface area contributed by atoms with E-state index in [0.29, 0.717) is 17.9 Å². The Hall–Kier alpha value is -0.480. The molecule has 0 radical (unpaired) electrons. The topological polar surface area (TPSA) is 37.8 Å². The number of hydrogen-bond donors (Lipinski definition) is 1. The van der Waals surface area contributed by atoms with Gasteiger partial charge in [-0.25, -0.2) is 4.98 Å². The molecule has 0 bridgehead atoms. The van der Waals surface area contributed by atoms with Crippen molar-refractivity contribution >= 4 is 11.5 Å². The Morgan fingerprint density at radius 2 is 1.94 bits per heavy atom. The Kier molecular flexibility index (Phi) is 5.35. The molecule has 1 aromatic rings. The Labute approximate surface area is 103 Å². The lowest BCUT2D eigenvalue weighted by molar-refractivity contribution is 0.381. The van der Waals surface area contributed by atoms with Crippen molar-refractivity contribution in [1.82, 2.24) is 14.7 Å². The lowest BCUT2D eigenvalue weighted by Gasteiger charge is -2.25. The fourth-order valence-corrected chi connectivity index (χ4v) is 3.18. The van der Waals surface area contributed by atoms with Crippen LogP contribution in [0.1, 0.15) is 51.4 Å². The van der Waals surface area contributed by atoms with Crippen LogP contribution >= 0.6 is 11.5 Å². The van der Waals surface area contributed by atoms with E-state index in [2.05, 4.69) is 49.3 Å². The number of rotatable bonds is 6. The van der Waals surface area contributed by atoms with Crippen molar-refractivity contribution in [2.45, 2.75) is 53.0 Å². The molecule has 0 spiro atoms. The molecule has 2 unspecified atom stereocenters. The molecule has 0 aromatic carbocycles. The highest BCUT2D eigenvalue weighted by molar-refractivity contribution is 7.05. The third-order valence-corrected chi connectivity index (χ3v) is 3.72. The first-order valence-electron chi connectivity index (χ1n) is 6.15. The van der Waals surface area contributed by atoms with Crippen molar-refractivity contribution in [2.75, 3.05) is 6.54 Å². The van der Waals surface area contributed by atoms with Crippen molar-refractivity contribution in [2.24, 2.45) is 5.92 Å². The second-order valence-corrected chi connectivity index (χ2v) is 5.30. The molecule has 0 aliphatic rings. The molecule has 1 aromatic heterocycles. The zero-order chi connectivity index (χ0) is 12.1. The summed E-state index contributed by atoms with van der Waals surface area (Å²) in [5.74, 6) is 2.04. The van der Waals surface area contributed by atoms with Crippen molar-refractivity contribution in [3.63, 3.8) is 0 Å². The van der Waals surface area contributed by atoms with Crippen LogP contribution < -0.4 is 5.32 Å². The number of hydrogen-bond acceptors (Lipinski definition) is 4. The van der Waals surface area contributed by atoms with Gasteiger partial charge in [-0.3, -0.25) is 0 Å². The van der Waals surface area contributed by atoms with Crippen LogP contribution in [0.4, 0.5) is 0 Å². The number of nitrogens with one attached hydrogen (secondary N) is 1. The first-order valence-corrected chi connectivity index (χ1v) is 6.93. The zero-order valence-electron chi connectivity index (χ0n) is 10.9. The molecule has 16 heavy (non-hydrogen) atoms. The van der Waals surface area contributed by atoms with Gasteiger partial charge in [0, 0.05) is 18.4 Å². The molecule has 0 amide bonds. The summed E-state index contributed by atoms with van der Waals surface area (Å²) in [5.41, 5.74) is 0. The lowest BCUT2D eigenvalue weighted by atomic mass is 9.90. The van der Waals surface area contributed by atoms with Gasteiger partial charge in [0.25, 0.3) is 0 Å². The normalized spacial score (nSPS) is 15.4. The van der Waals surface area contributed by atoms with Gasteiger partial charge in [-0.15, -0.1) is 0 Å². The summed E-state index contributed by atoms with van der Waals surface area (Å²) < 4.78 is 4.38. The minimum absolute atomic E-state index is 0.461. The Balaban J connectivity index is 2.84. The van der Waals surface area contributed by atoms with Crippen LogP contribution in [-0.2, 0) is 6.42 Å². The van der Waals surface area contributed by atoms with E-state index >= 15 is 0 Å². The van der Waals surface area contributed by atoms with Gasteiger partial charge >= 0.3 is 0 Å². The molecule has 1 N–H and O–H groups in total. The molecule has 2 atom stereocenters. The van der Waals surface area contributed by atoms with E-state index in [1.807, 2.05) is 0 Å². The average molecular weight is 241 g/mol. The highest BCUT2D eigenvalue weighted by Gasteiger charge is 2.25. The monoisotopic (exact) mass is 241 g/mol. The summed E-state index contributed by atoms with van der Waals surface area (Å²) in [4.78, 5) is 4.62. The van der Waals surface area contributed by atoms with Crippen molar-refractivity contribution in [3.8, 4) is 0 Å². The molecule has 0 fully saturated rings. The molecule has 0 saturated heterocycles. The van der Waals surface area contributed by atoms with E-state index < -0.39 is 0 Å². The average Bonchev–Trinajstić information content (AvgIpc) is 2.66. The van der Waals surface area contributed by atoms with Gasteiger partial charge in [-0.1, -0.05) is 27.7 Å².